The molecule has 2 aromatic heterocycles. The van der Waals surface area contributed by atoms with Crippen LogP contribution in [0.3, 0.4) is 0 Å². The van der Waals surface area contributed by atoms with Crippen LogP contribution in [0, 0.1) is 0 Å². The number of rotatable bonds is 7. The molecule has 9 aromatic carbocycles. The van der Waals surface area contributed by atoms with Gasteiger partial charge >= 0.3 is 0 Å². The number of hydrogen-bond donors (Lipinski definition) is 0. The van der Waals surface area contributed by atoms with Gasteiger partial charge in [-0.1, -0.05) is 140 Å². The molecule has 0 bridgehead atoms. The van der Waals surface area contributed by atoms with Crippen molar-refractivity contribution in [2.45, 2.75) is 6.92 Å². The molecular formula is C61H39B2N3O3. The molecule has 0 saturated heterocycles. The van der Waals surface area contributed by atoms with Gasteiger partial charge in [-0.3, -0.25) is 0 Å². The Balaban J connectivity index is 1.10. The molecule has 0 unspecified atom stereocenters. The number of hydrogen-bond acceptors (Lipinski definition) is 4. The zero-order valence-corrected chi connectivity index (χ0v) is 37.6. The van der Waals surface area contributed by atoms with Crippen LogP contribution < -0.4 is 51.9 Å². The lowest BCUT2D eigenvalue weighted by molar-refractivity contribution is 0.467. The van der Waals surface area contributed by atoms with Gasteiger partial charge in [0, 0.05) is 51.4 Å². The first-order chi connectivity index (χ1) is 34.1. The predicted octanol–water partition coefficient (Wildman–Crippen LogP) is 11.3. The number of ether oxygens (including phenoxy) is 3. The predicted molar refractivity (Wildman–Crippen MR) is 286 cm³/mol. The maximum Gasteiger partial charge on any atom is 0.256 e. The summed E-state index contributed by atoms with van der Waals surface area (Å²) in [6.45, 7) is 5.93. The lowest BCUT2D eigenvalue weighted by Gasteiger charge is -2.41. The first-order valence-corrected chi connectivity index (χ1v) is 23.6. The second-order valence-electron chi connectivity index (χ2n) is 18.4. The van der Waals surface area contributed by atoms with Gasteiger partial charge in [0.25, 0.3) is 13.4 Å². The second-order valence-corrected chi connectivity index (χ2v) is 18.4. The molecule has 0 atom stereocenters. The molecule has 4 aliphatic heterocycles. The molecule has 11 aromatic rings. The summed E-state index contributed by atoms with van der Waals surface area (Å²) in [5.41, 5.74) is 17.4. The average molecular weight is 884 g/mol. The van der Waals surface area contributed by atoms with E-state index in [4.69, 9.17) is 14.2 Å². The van der Waals surface area contributed by atoms with Crippen LogP contribution in [0.5, 0.6) is 34.5 Å². The molecule has 322 valence electrons. The molecule has 69 heavy (non-hydrogen) atoms. The number of para-hydroxylation sites is 6. The zero-order valence-electron chi connectivity index (χ0n) is 37.6. The largest absolute Gasteiger partial charge is 0.458 e. The molecule has 0 radical (unpaired) electrons. The summed E-state index contributed by atoms with van der Waals surface area (Å²) in [6, 6.07) is 64.8. The number of allylic oxidation sites excluding steroid dienone is 5. The summed E-state index contributed by atoms with van der Waals surface area (Å²) < 4.78 is 25.9. The topological polar surface area (TPSA) is 40.8 Å². The van der Waals surface area contributed by atoms with E-state index in [2.05, 4.69) is 161 Å². The lowest BCUT2D eigenvalue weighted by atomic mass is 9.31. The van der Waals surface area contributed by atoms with Crippen molar-refractivity contribution in [3.8, 4) is 45.9 Å². The number of benzene rings is 9. The summed E-state index contributed by atoms with van der Waals surface area (Å²) in [6.07, 6.45) is 8.04. The Hall–Kier alpha value is -8.87. The van der Waals surface area contributed by atoms with Crippen molar-refractivity contribution < 1.29 is 14.2 Å². The van der Waals surface area contributed by atoms with Crippen LogP contribution in [0.4, 0.5) is 11.4 Å². The Morgan fingerprint density at radius 2 is 1.04 bits per heavy atom. The molecule has 15 rings (SSSR count). The third-order valence-corrected chi connectivity index (χ3v) is 14.7. The molecule has 6 nitrogen and oxygen atoms in total. The van der Waals surface area contributed by atoms with Gasteiger partial charge in [0.15, 0.2) is 0 Å². The van der Waals surface area contributed by atoms with Gasteiger partial charge in [-0.05, 0) is 100 Å². The molecule has 4 aliphatic rings. The van der Waals surface area contributed by atoms with E-state index in [-0.39, 0.29) is 13.4 Å². The monoisotopic (exact) mass is 883 g/mol. The number of nitrogens with zero attached hydrogens (tertiary/aromatic N) is 3. The molecule has 0 spiro atoms. The van der Waals surface area contributed by atoms with Crippen molar-refractivity contribution in [1.82, 2.24) is 9.13 Å². The summed E-state index contributed by atoms with van der Waals surface area (Å²) in [4.78, 5) is 2.42. The summed E-state index contributed by atoms with van der Waals surface area (Å²) in [5.74, 6) is 4.81. The third-order valence-electron chi connectivity index (χ3n) is 14.7. The van der Waals surface area contributed by atoms with Crippen molar-refractivity contribution in [2.75, 3.05) is 4.90 Å². The fourth-order valence-electron chi connectivity index (χ4n) is 12.1. The molecule has 0 saturated carbocycles. The van der Waals surface area contributed by atoms with Crippen LogP contribution >= 0.6 is 0 Å². The van der Waals surface area contributed by atoms with Crippen LogP contribution in [-0.4, -0.2) is 22.6 Å². The van der Waals surface area contributed by atoms with Crippen molar-refractivity contribution in [1.29, 1.82) is 0 Å². The highest BCUT2D eigenvalue weighted by atomic mass is 16.5. The van der Waals surface area contributed by atoms with Gasteiger partial charge in [0.1, 0.15) is 34.5 Å². The van der Waals surface area contributed by atoms with Gasteiger partial charge in [-0.15, -0.1) is 0 Å². The van der Waals surface area contributed by atoms with Crippen molar-refractivity contribution >= 4 is 101 Å². The van der Waals surface area contributed by atoms with E-state index >= 15 is 0 Å². The third kappa shape index (κ3) is 5.23. The maximum absolute atomic E-state index is 7.07. The van der Waals surface area contributed by atoms with E-state index in [1.807, 2.05) is 72.8 Å². The Morgan fingerprint density at radius 1 is 0.493 bits per heavy atom. The van der Waals surface area contributed by atoms with Gasteiger partial charge < -0.3 is 28.2 Å². The van der Waals surface area contributed by atoms with Crippen LogP contribution in [-0.2, 0) is 0 Å². The smallest absolute Gasteiger partial charge is 0.256 e. The zero-order chi connectivity index (χ0) is 45.5. The molecule has 0 N–H and O–H groups in total. The quantitative estimate of drug-likeness (QED) is 0.118. The van der Waals surface area contributed by atoms with Gasteiger partial charge in [-0.2, -0.15) is 0 Å². The Bertz CT molecular complexity index is 4110. The molecule has 0 aliphatic carbocycles. The molecule has 6 heterocycles. The average Bonchev–Trinajstić information content (AvgIpc) is 3.93. The first-order valence-electron chi connectivity index (χ1n) is 23.6. The minimum Gasteiger partial charge on any atom is -0.458 e. The highest BCUT2D eigenvalue weighted by molar-refractivity contribution is 7.02. The highest BCUT2D eigenvalue weighted by Crippen LogP contribution is 2.48. The number of aromatic nitrogens is 2. The standard InChI is InChI=1S/C61H39B2N3O3/c1-3-4-7-20-37(2)64-48-31-18-14-27-42(48)62-44-33-45-50(34-49(44)65-46-29-16-12-25-40(46)56-53(35-51(64)58(62)60(56)65)67-38-21-8-5-9-22-38)66-47-30-17-13-26-41(47)57-54(68-39-23-10-6-11-24-39)36-55-59(61(57)66)63(45)43-28-15-19-32-52(43)69-55/h3-36H,1H2,2H3/b7-4-,37-20+. The lowest BCUT2D eigenvalue weighted by Crippen LogP contribution is -2.63. The fourth-order valence-corrected chi connectivity index (χ4v) is 12.1. The van der Waals surface area contributed by atoms with Crippen molar-refractivity contribution in [3.05, 3.63) is 219 Å². The van der Waals surface area contributed by atoms with E-state index in [9.17, 15) is 0 Å². The van der Waals surface area contributed by atoms with E-state index in [1.165, 1.54) is 21.9 Å². The van der Waals surface area contributed by atoms with Crippen LogP contribution in [0.1, 0.15) is 6.92 Å². The Morgan fingerprint density at radius 3 is 1.71 bits per heavy atom. The fraction of sp³-hybridized carbons (Fsp3) is 0.0164. The molecule has 0 amide bonds. The van der Waals surface area contributed by atoms with Gasteiger partial charge in [-0.25, -0.2) is 0 Å². The Labute approximate surface area is 399 Å². The normalized spacial score (nSPS) is 13.7. The van der Waals surface area contributed by atoms with Gasteiger partial charge in [0.05, 0.1) is 32.8 Å². The van der Waals surface area contributed by atoms with E-state index in [0.717, 1.165) is 117 Å². The van der Waals surface area contributed by atoms with Crippen molar-refractivity contribution in [2.24, 2.45) is 0 Å². The molecular weight excluding hydrogens is 844 g/mol. The second kappa shape index (κ2) is 14.3. The van der Waals surface area contributed by atoms with Crippen LogP contribution in [0.2, 0.25) is 0 Å². The SMILES string of the molecule is C=C/C=C\C=C(/C)N1c2ccccc2B2c3cc4c(cc3-n3c5ccccc5c5c(Oc6ccccc6)cc1c2c53)-n1c2ccccc2c2c(Oc3ccccc3)cc3c(c21)B4c1ccccc1O3. The number of fused-ring (bicyclic) bond motifs is 16. The first kappa shape index (κ1) is 38.3. The van der Waals surface area contributed by atoms with Crippen LogP contribution in [0.15, 0.2) is 219 Å². The maximum atomic E-state index is 7.07. The number of anilines is 2. The minimum absolute atomic E-state index is 0.103. The molecule has 8 heteroatoms. The molecule has 0 fully saturated rings. The Kier molecular flexibility index (Phi) is 7.94. The van der Waals surface area contributed by atoms with E-state index in [1.54, 1.807) is 0 Å². The van der Waals surface area contributed by atoms with Crippen LogP contribution in [0.25, 0.3) is 55.0 Å². The van der Waals surface area contributed by atoms with Gasteiger partial charge in [0.2, 0.25) is 0 Å². The van der Waals surface area contributed by atoms with E-state index < -0.39 is 0 Å². The summed E-state index contributed by atoms with van der Waals surface area (Å²) in [5, 5.41) is 4.44. The summed E-state index contributed by atoms with van der Waals surface area (Å²) in [7, 11) is 0. The highest BCUT2D eigenvalue weighted by Gasteiger charge is 2.47. The summed E-state index contributed by atoms with van der Waals surface area (Å²) >= 11 is 0. The van der Waals surface area contributed by atoms with Crippen molar-refractivity contribution in [3.63, 3.8) is 0 Å². The minimum atomic E-state index is -0.114. The van der Waals surface area contributed by atoms with E-state index in [0.29, 0.717) is 0 Å².